The molecule has 1 atom stereocenters. The van der Waals surface area contributed by atoms with E-state index in [1.54, 1.807) is 0 Å². The highest BCUT2D eigenvalue weighted by atomic mass is 15.0. The summed E-state index contributed by atoms with van der Waals surface area (Å²) in [5.74, 6) is 0. The first kappa shape index (κ1) is 14.3. The van der Waals surface area contributed by atoms with Gasteiger partial charge in [0, 0.05) is 12.7 Å². The van der Waals surface area contributed by atoms with Gasteiger partial charge in [-0.25, -0.2) is 0 Å². The lowest BCUT2D eigenvalue weighted by molar-refractivity contribution is 0.121. The number of nitrogens with zero attached hydrogens (tertiary/aromatic N) is 1. The van der Waals surface area contributed by atoms with Gasteiger partial charge in [0.15, 0.2) is 0 Å². The second-order valence-electron chi connectivity index (χ2n) is 6.19. The summed E-state index contributed by atoms with van der Waals surface area (Å²) in [6.45, 7) is 3.40. The SMILES string of the molecule is CCC1(CNC(c2ccccc2)c2ccccn2)CCC1. The summed E-state index contributed by atoms with van der Waals surface area (Å²) in [6, 6.07) is 17.0. The highest BCUT2D eigenvalue weighted by molar-refractivity contribution is 5.27. The maximum absolute atomic E-state index is 4.56. The van der Waals surface area contributed by atoms with E-state index in [-0.39, 0.29) is 6.04 Å². The Morgan fingerprint density at radius 2 is 1.86 bits per heavy atom. The molecule has 0 aliphatic heterocycles. The number of rotatable bonds is 6. The molecule has 3 rings (SSSR count). The number of aromatic nitrogens is 1. The number of hydrogen-bond acceptors (Lipinski definition) is 2. The van der Waals surface area contributed by atoms with Crippen LogP contribution in [0.3, 0.4) is 0 Å². The second kappa shape index (κ2) is 6.40. The van der Waals surface area contributed by atoms with Gasteiger partial charge in [-0.3, -0.25) is 4.98 Å². The third-order valence-electron chi connectivity index (χ3n) is 4.96. The normalized spacial score (nSPS) is 18.0. The van der Waals surface area contributed by atoms with Crippen molar-refractivity contribution in [3.63, 3.8) is 0 Å². The van der Waals surface area contributed by atoms with Crippen LogP contribution in [0.15, 0.2) is 54.7 Å². The van der Waals surface area contributed by atoms with Crippen LogP contribution in [-0.2, 0) is 0 Å². The van der Waals surface area contributed by atoms with Gasteiger partial charge < -0.3 is 5.32 Å². The Kier molecular flexibility index (Phi) is 4.35. The van der Waals surface area contributed by atoms with Crippen molar-refractivity contribution in [3.8, 4) is 0 Å². The fourth-order valence-corrected chi connectivity index (χ4v) is 3.24. The zero-order chi connectivity index (χ0) is 14.5. The molecule has 2 nitrogen and oxygen atoms in total. The second-order valence-corrected chi connectivity index (χ2v) is 6.19. The van der Waals surface area contributed by atoms with E-state index in [4.69, 9.17) is 0 Å². The van der Waals surface area contributed by atoms with Gasteiger partial charge in [-0.1, -0.05) is 49.7 Å². The first-order chi connectivity index (χ1) is 10.3. The van der Waals surface area contributed by atoms with E-state index in [1.165, 1.54) is 31.2 Å². The molecule has 2 aromatic rings. The van der Waals surface area contributed by atoms with E-state index >= 15 is 0 Å². The molecule has 1 aliphatic carbocycles. The predicted octanol–water partition coefficient (Wildman–Crippen LogP) is 4.34. The van der Waals surface area contributed by atoms with Gasteiger partial charge in [0.2, 0.25) is 0 Å². The summed E-state index contributed by atoms with van der Waals surface area (Å²) in [4.78, 5) is 4.56. The molecule has 1 saturated carbocycles. The Morgan fingerprint density at radius 3 is 2.43 bits per heavy atom. The summed E-state index contributed by atoms with van der Waals surface area (Å²) in [6.07, 6.45) is 7.26. The van der Waals surface area contributed by atoms with Crippen molar-refractivity contribution in [3.05, 3.63) is 66.0 Å². The van der Waals surface area contributed by atoms with E-state index in [9.17, 15) is 0 Å². The van der Waals surface area contributed by atoms with Crippen LogP contribution in [0.4, 0.5) is 0 Å². The Bertz CT molecular complexity index is 501. The molecule has 1 unspecified atom stereocenters. The van der Waals surface area contributed by atoms with Gasteiger partial charge in [0.05, 0.1) is 11.7 Å². The van der Waals surface area contributed by atoms with Crippen molar-refractivity contribution in [1.29, 1.82) is 0 Å². The smallest absolute Gasteiger partial charge is 0.0751 e. The molecule has 1 N–H and O–H groups in total. The molecular formula is C19H24N2. The largest absolute Gasteiger partial charge is 0.304 e. The van der Waals surface area contributed by atoms with Gasteiger partial charge >= 0.3 is 0 Å². The molecule has 2 heteroatoms. The van der Waals surface area contributed by atoms with Crippen LogP contribution < -0.4 is 5.32 Å². The van der Waals surface area contributed by atoms with Crippen molar-refractivity contribution in [2.24, 2.45) is 5.41 Å². The van der Waals surface area contributed by atoms with Crippen LogP contribution in [0.5, 0.6) is 0 Å². The summed E-state index contributed by atoms with van der Waals surface area (Å²) < 4.78 is 0. The van der Waals surface area contributed by atoms with E-state index in [2.05, 4.69) is 59.7 Å². The fourth-order valence-electron chi connectivity index (χ4n) is 3.24. The van der Waals surface area contributed by atoms with E-state index < -0.39 is 0 Å². The van der Waals surface area contributed by atoms with Gasteiger partial charge in [-0.2, -0.15) is 0 Å². The van der Waals surface area contributed by atoms with Crippen LogP contribution in [0.2, 0.25) is 0 Å². The lowest BCUT2D eigenvalue weighted by atomic mass is 9.67. The monoisotopic (exact) mass is 280 g/mol. The van der Waals surface area contributed by atoms with E-state index in [1.807, 2.05) is 12.3 Å². The molecule has 110 valence electrons. The molecule has 0 radical (unpaired) electrons. The average Bonchev–Trinajstić information content (AvgIpc) is 2.52. The van der Waals surface area contributed by atoms with Crippen LogP contribution >= 0.6 is 0 Å². The molecule has 1 fully saturated rings. The molecule has 0 saturated heterocycles. The molecule has 0 amide bonds. The van der Waals surface area contributed by atoms with Crippen LogP contribution in [0, 0.1) is 5.41 Å². The van der Waals surface area contributed by atoms with Crippen molar-refractivity contribution in [2.45, 2.75) is 38.6 Å². The zero-order valence-electron chi connectivity index (χ0n) is 12.8. The molecule has 1 aliphatic rings. The highest BCUT2D eigenvalue weighted by Gasteiger charge is 2.35. The quantitative estimate of drug-likeness (QED) is 0.851. The van der Waals surface area contributed by atoms with Crippen LogP contribution in [0.25, 0.3) is 0 Å². The number of hydrogen-bond donors (Lipinski definition) is 1. The van der Waals surface area contributed by atoms with E-state index in [0.29, 0.717) is 5.41 Å². The maximum atomic E-state index is 4.56. The fraction of sp³-hybridized carbons (Fsp3) is 0.421. The highest BCUT2D eigenvalue weighted by Crippen LogP contribution is 2.43. The topological polar surface area (TPSA) is 24.9 Å². The number of nitrogens with one attached hydrogen (secondary N) is 1. The van der Waals surface area contributed by atoms with Crippen molar-refractivity contribution < 1.29 is 0 Å². The molecule has 21 heavy (non-hydrogen) atoms. The minimum atomic E-state index is 0.191. The Hall–Kier alpha value is -1.67. The third-order valence-corrected chi connectivity index (χ3v) is 4.96. The number of benzene rings is 1. The minimum absolute atomic E-state index is 0.191. The molecular weight excluding hydrogens is 256 g/mol. The Balaban J connectivity index is 1.80. The van der Waals surface area contributed by atoms with Gasteiger partial charge in [0.1, 0.15) is 0 Å². The zero-order valence-corrected chi connectivity index (χ0v) is 12.8. The Labute approximate surface area is 127 Å². The third kappa shape index (κ3) is 3.16. The lowest BCUT2D eigenvalue weighted by Crippen LogP contribution is -2.41. The van der Waals surface area contributed by atoms with Crippen molar-refractivity contribution in [2.75, 3.05) is 6.54 Å². The lowest BCUT2D eigenvalue weighted by Gasteiger charge is -2.42. The van der Waals surface area contributed by atoms with Gasteiger partial charge in [0.25, 0.3) is 0 Å². The van der Waals surface area contributed by atoms with Crippen LogP contribution in [-0.4, -0.2) is 11.5 Å². The van der Waals surface area contributed by atoms with Crippen molar-refractivity contribution in [1.82, 2.24) is 10.3 Å². The first-order valence-electron chi connectivity index (χ1n) is 8.02. The maximum Gasteiger partial charge on any atom is 0.0751 e. The minimum Gasteiger partial charge on any atom is -0.304 e. The van der Waals surface area contributed by atoms with E-state index in [0.717, 1.165) is 12.2 Å². The van der Waals surface area contributed by atoms with Crippen LogP contribution in [0.1, 0.15) is 49.9 Å². The molecule has 1 aromatic heterocycles. The predicted molar refractivity (Wildman–Crippen MR) is 87.1 cm³/mol. The Morgan fingerprint density at radius 1 is 1.10 bits per heavy atom. The molecule has 1 heterocycles. The average molecular weight is 280 g/mol. The molecule has 0 bridgehead atoms. The first-order valence-corrected chi connectivity index (χ1v) is 8.02. The number of pyridine rings is 1. The standard InChI is InChI=1S/C19H24N2/c1-2-19(12-8-13-19)15-21-18(16-9-4-3-5-10-16)17-11-6-7-14-20-17/h3-7,9-11,14,18,21H,2,8,12-13,15H2,1H3. The summed E-state index contributed by atoms with van der Waals surface area (Å²) in [5.41, 5.74) is 2.91. The van der Waals surface area contributed by atoms with Gasteiger partial charge in [-0.05, 0) is 42.4 Å². The summed E-state index contributed by atoms with van der Waals surface area (Å²) in [7, 11) is 0. The molecule has 0 spiro atoms. The van der Waals surface area contributed by atoms with Crippen molar-refractivity contribution >= 4 is 0 Å². The summed E-state index contributed by atoms with van der Waals surface area (Å²) in [5, 5.41) is 3.78. The van der Waals surface area contributed by atoms with Gasteiger partial charge in [-0.15, -0.1) is 0 Å². The molecule has 1 aromatic carbocycles. The summed E-state index contributed by atoms with van der Waals surface area (Å²) >= 11 is 0.